The zero-order valence-electron chi connectivity index (χ0n) is 13.1. The number of likely N-dealkylation sites (N-methyl/N-ethyl adjacent to an activating group) is 1. The van der Waals surface area contributed by atoms with E-state index >= 15 is 0 Å². The van der Waals surface area contributed by atoms with Gasteiger partial charge in [-0.2, -0.15) is 0 Å². The quantitative estimate of drug-likeness (QED) is 0.650. The van der Waals surface area contributed by atoms with Crippen LogP contribution in [-0.4, -0.2) is 30.1 Å². The van der Waals surface area contributed by atoms with Gasteiger partial charge in [0.05, 0.1) is 0 Å². The Kier molecular flexibility index (Phi) is 4.65. The van der Waals surface area contributed by atoms with Crippen molar-refractivity contribution in [2.75, 3.05) is 20.6 Å². The molecule has 0 fully saturated rings. The van der Waals surface area contributed by atoms with E-state index in [4.69, 9.17) is 0 Å². The minimum Gasteiger partial charge on any atom is -0.343 e. The molecule has 0 amide bonds. The molecule has 0 aliphatic rings. The van der Waals surface area contributed by atoms with Gasteiger partial charge in [0.25, 0.3) is 0 Å². The molecule has 0 bridgehead atoms. The maximum Gasteiger partial charge on any atom is 0.0487 e. The van der Waals surface area contributed by atoms with Crippen molar-refractivity contribution in [2.24, 2.45) is 0 Å². The van der Waals surface area contributed by atoms with E-state index in [2.05, 4.69) is 94.2 Å². The molecule has 0 unspecified atom stereocenters. The SMILES string of the molecule is CN(C)CCc1cn(Cc2ccccc2)c2ccc(Br)cc12. The molecule has 1 heterocycles. The number of rotatable bonds is 5. The first kappa shape index (κ1) is 15.3. The van der Waals surface area contributed by atoms with Crippen molar-refractivity contribution in [1.29, 1.82) is 0 Å². The summed E-state index contributed by atoms with van der Waals surface area (Å²) in [6, 6.07) is 17.2. The molecule has 114 valence electrons. The minimum atomic E-state index is 0.918. The fourth-order valence-corrected chi connectivity index (χ4v) is 3.16. The number of aromatic nitrogens is 1. The molecular formula is C19H21BrN2. The van der Waals surface area contributed by atoms with Gasteiger partial charge >= 0.3 is 0 Å². The molecule has 2 nitrogen and oxygen atoms in total. The standard InChI is InChI=1S/C19H21BrN2/c1-21(2)11-10-16-14-22(13-15-6-4-3-5-7-15)19-9-8-17(20)12-18(16)19/h3-9,12,14H,10-11,13H2,1-2H3. The van der Waals surface area contributed by atoms with Crippen LogP contribution in [0.5, 0.6) is 0 Å². The van der Waals surface area contributed by atoms with E-state index in [1.165, 1.54) is 22.0 Å². The number of nitrogens with zero attached hydrogens (tertiary/aromatic N) is 2. The highest BCUT2D eigenvalue weighted by molar-refractivity contribution is 9.10. The summed E-state index contributed by atoms with van der Waals surface area (Å²) in [7, 11) is 4.25. The zero-order valence-corrected chi connectivity index (χ0v) is 14.7. The molecule has 0 aliphatic carbocycles. The Morgan fingerprint density at radius 1 is 1.05 bits per heavy atom. The smallest absolute Gasteiger partial charge is 0.0487 e. The van der Waals surface area contributed by atoms with Gasteiger partial charge in [0, 0.05) is 34.7 Å². The summed E-state index contributed by atoms with van der Waals surface area (Å²) in [4.78, 5) is 2.23. The first-order valence-corrected chi connectivity index (χ1v) is 8.39. The lowest BCUT2D eigenvalue weighted by atomic mass is 10.1. The topological polar surface area (TPSA) is 8.17 Å². The lowest BCUT2D eigenvalue weighted by molar-refractivity contribution is 0.414. The maximum absolute atomic E-state index is 3.60. The number of hydrogen-bond acceptors (Lipinski definition) is 1. The molecule has 0 spiro atoms. The second-order valence-corrected chi connectivity index (χ2v) is 6.90. The lowest BCUT2D eigenvalue weighted by Crippen LogP contribution is -2.14. The minimum absolute atomic E-state index is 0.918. The van der Waals surface area contributed by atoms with Gasteiger partial charge in [-0.1, -0.05) is 46.3 Å². The summed E-state index contributed by atoms with van der Waals surface area (Å²) in [6.07, 6.45) is 3.38. The first-order chi connectivity index (χ1) is 10.6. The average molecular weight is 357 g/mol. The van der Waals surface area contributed by atoms with Gasteiger partial charge in [-0.05, 0) is 49.8 Å². The van der Waals surface area contributed by atoms with Crippen LogP contribution < -0.4 is 0 Å². The van der Waals surface area contributed by atoms with Crippen LogP contribution >= 0.6 is 15.9 Å². The third kappa shape index (κ3) is 3.42. The van der Waals surface area contributed by atoms with Gasteiger partial charge in [0.15, 0.2) is 0 Å². The van der Waals surface area contributed by atoms with Crippen LogP contribution in [0.1, 0.15) is 11.1 Å². The van der Waals surface area contributed by atoms with Crippen LogP contribution in [0.2, 0.25) is 0 Å². The number of fused-ring (bicyclic) bond motifs is 1. The van der Waals surface area contributed by atoms with Crippen LogP contribution in [-0.2, 0) is 13.0 Å². The number of benzene rings is 2. The van der Waals surface area contributed by atoms with E-state index in [9.17, 15) is 0 Å². The number of halogens is 1. The Morgan fingerprint density at radius 2 is 1.82 bits per heavy atom. The maximum atomic E-state index is 3.60. The van der Waals surface area contributed by atoms with E-state index < -0.39 is 0 Å². The average Bonchev–Trinajstić information content (AvgIpc) is 2.83. The third-order valence-electron chi connectivity index (χ3n) is 3.95. The molecule has 1 aromatic heterocycles. The second kappa shape index (κ2) is 6.67. The molecule has 0 saturated carbocycles. The van der Waals surface area contributed by atoms with E-state index in [1.807, 2.05) is 0 Å². The summed E-state index contributed by atoms with van der Waals surface area (Å²) < 4.78 is 3.51. The fraction of sp³-hybridized carbons (Fsp3) is 0.263. The van der Waals surface area contributed by atoms with E-state index in [0.29, 0.717) is 0 Å². The predicted molar refractivity (Wildman–Crippen MR) is 97.4 cm³/mol. The Bertz CT molecular complexity index is 760. The predicted octanol–water partition coefficient (Wildman–Crippen LogP) is 4.56. The molecule has 3 heteroatoms. The first-order valence-electron chi connectivity index (χ1n) is 7.59. The van der Waals surface area contributed by atoms with Crippen molar-refractivity contribution in [3.8, 4) is 0 Å². The van der Waals surface area contributed by atoms with Gasteiger partial charge in [-0.25, -0.2) is 0 Å². The summed E-state index contributed by atoms with van der Waals surface area (Å²) >= 11 is 3.60. The van der Waals surface area contributed by atoms with Gasteiger partial charge in [-0.3, -0.25) is 0 Å². The molecule has 0 saturated heterocycles. The van der Waals surface area contributed by atoms with Crippen LogP contribution in [0.3, 0.4) is 0 Å². The van der Waals surface area contributed by atoms with Gasteiger partial charge in [-0.15, -0.1) is 0 Å². The fourth-order valence-electron chi connectivity index (χ4n) is 2.80. The van der Waals surface area contributed by atoms with E-state index in [-0.39, 0.29) is 0 Å². The highest BCUT2D eigenvalue weighted by atomic mass is 79.9. The largest absolute Gasteiger partial charge is 0.343 e. The Balaban J connectivity index is 1.99. The normalized spacial score (nSPS) is 11.5. The Hall–Kier alpha value is -1.58. The molecule has 3 rings (SSSR count). The molecule has 3 aromatic rings. The van der Waals surface area contributed by atoms with Crippen LogP contribution in [0.25, 0.3) is 10.9 Å². The van der Waals surface area contributed by atoms with E-state index in [1.54, 1.807) is 0 Å². The Labute approximate surface area is 140 Å². The third-order valence-corrected chi connectivity index (χ3v) is 4.44. The van der Waals surface area contributed by atoms with Gasteiger partial charge in [0.2, 0.25) is 0 Å². The molecule has 2 aromatic carbocycles. The molecule has 0 radical (unpaired) electrons. The van der Waals surface area contributed by atoms with Crippen LogP contribution in [0.4, 0.5) is 0 Å². The second-order valence-electron chi connectivity index (χ2n) is 5.98. The van der Waals surface area contributed by atoms with Crippen molar-refractivity contribution in [1.82, 2.24) is 9.47 Å². The van der Waals surface area contributed by atoms with Crippen LogP contribution in [0.15, 0.2) is 59.2 Å². The summed E-state index contributed by atoms with van der Waals surface area (Å²) in [5.74, 6) is 0. The monoisotopic (exact) mass is 356 g/mol. The molecule has 0 atom stereocenters. The highest BCUT2D eigenvalue weighted by Crippen LogP contribution is 2.26. The van der Waals surface area contributed by atoms with Crippen molar-refractivity contribution in [2.45, 2.75) is 13.0 Å². The lowest BCUT2D eigenvalue weighted by Gasteiger charge is -2.08. The zero-order chi connectivity index (χ0) is 15.5. The van der Waals surface area contributed by atoms with Gasteiger partial charge < -0.3 is 9.47 Å². The van der Waals surface area contributed by atoms with Crippen molar-refractivity contribution < 1.29 is 0 Å². The molecular weight excluding hydrogens is 336 g/mol. The molecule has 0 aliphatic heterocycles. The van der Waals surface area contributed by atoms with Gasteiger partial charge in [0.1, 0.15) is 0 Å². The highest BCUT2D eigenvalue weighted by Gasteiger charge is 2.09. The van der Waals surface area contributed by atoms with Crippen molar-refractivity contribution in [3.05, 3.63) is 70.3 Å². The summed E-state index contributed by atoms with van der Waals surface area (Å²) in [5, 5.41) is 1.35. The van der Waals surface area contributed by atoms with Crippen molar-refractivity contribution in [3.63, 3.8) is 0 Å². The Morgan fingerprint density at radius 3 is 2.55 bits per heavy atom. The van der Waals surface area contributed by atoms with E-state index in [0.717, 1.165) is 24.0 Å². The van der Waals surface area contributed by atoms with Crippen LogP contribution in [0, 0.1) is 0 Å². The number of hydrogen-bond donors (Lipinski definition) is 0. The van der Waals surface area contributed by atoms with Crippen molar-refractivity contribution >= 4 is 26.8 Å². The molecule has 0 N–H and O–H groups in total. The summed E-state index contributed by atoms with van der Waals surface area (Å²) in [6.45, 7) is 1.98. The molecule has 22 heavy (non-hydrogen) atoms. The summed E-state index contributed by atoms with van der Waals surface area (Å²) in [5.41, 5.74) is 4.06.